The van der Waals surface area contributed by atoms with Gasteiger partial charge in [0, 0.05) is 0 Å². The molecule has 1 unspecified atom stereocenters. The molecular formula is C14H22. The molecule has 1 aromatic carbocycles. The topological polar surface area (TPSA) is 0 Å². The van der Waals surface area contributed by atoms with Crippen molar-refractivity contribution in [1.82, 2.24) is 0 Å². The van der Waals surface area contributed by atoms with Gasteiger partial charge >= 0.3 is 0 Å². The Balaban J connectivity index is 2.64. The average Bonchev–Trinajstić information content (AvgIpc) is 2.19. The molecule has 1 rings (SSSR count). The summed E-state index contributed by atoms with van der Waals surface area (Å²) in [6, 6.07) is 10.8. The van der Waals surface area contributed by atoms with Gasteiger partial charge in [-0.15, -0.1) is 0 Å². The summed E-state index contributed by atoms with van der Waals surface area (Å²) < 4.78 is 0. The van der Waals surface area contributed by atoms with Crippen LogP contribution in [0.15, 0.2) is 30.3 Å². The molecule has 0 amide bonds. The Morgan fingerprint density at radius 2 is 1.71 bits per heavy atom. The number of benzene rings is 1. The monoisotopic (exact) mass is 190 g/mol. The largest absolute Gasteiger partial charge is 0.0649 e. The van der Waals surface area contributed by atoms with Crippen molar-refractivity contribution in [1.29, 1.82) is 0 Å². The summed E-state index contributed by atoms with van der Waals surface area (Å²) in [5.74, 6) is 0.672. The third kappa shape index (κ3) is 3.17. The molecule has 0 nitrogen and oxygen atoms in total. The lowest BCUT2D eigenvalue weighted by molar-refractivity contribution is 0.299. The maximum Gasteiger partial charge on any atom is -0.0185 e. The van der Waals surface area contributed by atoms with E-state index in [1.165, 1.54) is 18.4 Å². The third-order valence-corrected chi connectivity index (χ3v) is 3.18. The molecule has 0 aromatic heterocycles. The van der Waals surface area contributed by atoms with Crippen molar-refractivity contribution in [2.45, 2.75) is 46.5 Å². The molecule has 0 aliphatic rings. The molecular weight excluding hydrogens is 168 g/mol. The first kappa shape index (κ1) is 11.3. The second-order valence-electron chi connectivity index (χ2n) is 5.03. The minimum atomic E-state index is 0.468. The quantitative estimate of drug-likeness (QED) is 0.650. The molecule has 0 N–H and O–H groups in total. The summed E-state index contributed by atoms with van der Waals surface area (Å²) in [5, 5.41) is 0. The van der Waals surface area contributed by atoms with Crippen LogP contribution in [0.5, 0.6) is 0 Å². The number of rotatable bonds is 4. The zero-order chi connectivity index (χ0) is 10.6. The van der Waals surface area contributed by atoms with E-state index in [1.807, 2.05) is 0 Å². The van der Waals surface area contributed by atoms with Crippen LogP contribution in [-0.2, 0) is 0 Å². The number of hydrogen-bond donors (Lipinski definition) is 0. The second-order valence-corrected chi connectivity index (χ2v) is 5.03. The minimum Gasteiger partial charge on any atom is -0.0649 e. The molecule has 0 saturated heterocycles. The lowest BCUT2D eigenvalue weighted by Crippen LogP contribution is -2.13. The first-order valence-corrected chi connectivity index (χ1v) is 5.60. The lowest BCUT2D eigenvalue weighted by Gasteiger charge is -2.26. The average molecular weight is 190 g/mol. The van der Waals surface area contributed by atoms with Crippen LogP contribution >= 0.6 is 0 Å². The van der Waals surface area contributed by atoms with Gasteiger partial charge in [0.2, 0.25) is 0 Å². The van der Waals surface area contributed by atoms with Crippen LogP contribution in [0, 0.1) is 5.41 Å². The molecule has 1 aromatic rings. The van der Waals surface area contributed by atoms with Crippen molar-refractivity contribution in [2.24, 2.45) is 5.41 Å². The first-order chi connectivity index (χ1) is 6.55. The predicted octanol–water partition coefficient (Wildman–Crippen LogP) is 4.62. The van der Waals surface area contributed by atoms with Gasteiger partial charge in [0.25, 0.3) is 0 Å². The Hall–Kier alpha value is -0.780. The van der Waals surface area contributed by atoms with Gasteiger partial charge in [-0.25, -0.2) is 0 Å². The van der Waals surface area contributed by atoms with Crippen LogP contribution in [0.1, 0.15) is 52.0 Å². The molecule has 0 fully saturated rings. The van der Waals surface area contributed by atoms with Crippen LogP contribution < -0.4 is 0 Å². The summed E-state index contributed by atoms with van der Waals surface area (Å²) in [5.41, 5.74) is 1.93. The maximum absolute atomic E-state index is 2.35. The predicted molar refractivity (Wildman–Crippen MR) is 63.5 cm³/mol. The molecule has 0 aliphatic carbocycles. The highest BCUT2D eigenvalue weighted by atomic mass is 14.2. The van der Waals surface area contributed by atoms with E-state index < -0.39 is 0 Å². The van der Waals surface area contributed by atoms with Gasteiger partial charge in [-0.05, 0) is 23.3 Å². The van der Waals surface area contributed by atoms with E-state index >= 15 is 0 Å². The van der Waals surface area contributed by atoms with Crippen LogP contribution in [-0.4, -0.2) is 0 Å². The molecule has 1 atom stereocenters. The molecule has 0 aliphatic heterocycles. The summed E-state index contributed by atoms with van der Waals surface area (Å²) in [6.45, 7) is 9.31. The highest BCUT2D eigenvalue weighted by Gasteiger charge is 2.19. The van der Waals surface area contributed by atoms with E-state index in [-0.39, 0.29) is 0 Å². The van der Waals surface area contributed by atoms with Crippen molar-refractivity contribution in [3.05, 3.63) is 35.9 Å². The number of hydrogen-bond acceptors (Lipinski definition) is 0. The van der Waals surface area contributed by atoms with Crippen LogP contribution in [0.4, 0.5) is 0 Å². The van der Waals surface area contributed by atoms with E-state index in [4.69, 9.17) is 0 Å². The Kier molecular flexibility index (Phi) is 3.74. The minimum absolute atomic E-state index is 0.468. The highest BCUT2D eigenvalue weighted by Crippen LogP contribution is 2.33. The Morgan fingerprint density at radius 3 is 2.21 bits per heavy atom. The molecule has 0 saturated carbocycles. The van der Waals surface area contributed by atoms with Crippen molar-refractivity contribution in [3.63, 3.8) is 0 Å². The van der Waals surface area contributed by atoms with Crippen LogP contribution in [0.25, 0.3) is 0 Å². The van der Waals surface area contributed by atoms with E-state index in [1.54, 1.807) is 0 Å². The third-order valence-electron chi connectivity index (χ3n) is 3.18. The second kappa shape index (κ2) is 4.63. The van der Waals surface area contributed by atoms with Crippen molar-refractivity contribution in [2.75, 3.05) is 0 Å². The molecule has 78 valence electrons. The molecule has 0 radical (unpaired) electrons. The molecule has 0 spiro atoms. The summed E-state index contributed by atoms with van der Waals surface area (Å²) >= 11 is 0. The van der Waals surface area contributed by atoms with E-state index in [0.717, 1.165) is 0 Å². The van der Waals surface area contributed by atoms with Crippen molar-refractivity contribution in [3.8, 4) is 0 Å². The van der Waals surface area contributed by atoms with E-state index in [2.05, 4.69) is 58.0 Å². The van der Waals surface area contributed by atoms with Crippen LogP contribution in [0.3, 0.4) is 0 Å². The highest BCUT2D eigenvalue weighted by molar-refractivity contribution is 5.18. The molecule has 0 heteroatoms. The smallest absolute Gasteiger partial charge is 0.0185 e. The van der Waals surface area contributed by atoms with Crippen molar-refractivity contribution < 1.29 is 0 Å². The van der Waals surface area contributed by atoms with Gasteiger partial charge in [-0.3, -0.25) is 0 Å². The molecule has 0 heterocycles. The molecule has 0 bridgehead atoms. The SMILES string of the molecule is CCC(C)(C)CC(C)c1ccccc1. The Labute approximate surface area is 88.4 Å². The Morgan fingerprint density at radius 1 is 1.14 bits per heavy atom. The zero-order valence-electron chi connectivity index (χ0n) is 9.88. The van der Waals surface area contributed by atoms with Gasteiger partial charge in [-0.2, -0.15) is 0 Å². The van der Waals surface area contributed by atoms with Gasteiger partial charge in [0.15, 0.2) is 0 Å². The standard InChI is InChI=1S/C14H22/c1-5-14(3,4)11-12(2)13-9-7-6-8-10-13/h6-10,12H,5,11H2,1-4H3. The van der Waals surface area contributed by atoms with Crippen LogP contribution in [0.2, 0.25) is 0 Å². The first-order valence-electron chi connectivity index (χ1n) is 5.60. The zero-order valence-corrected chi connectivity index (χ0v) is 9.88. The van der Waals surface area contributed by atoms with Gasteiger partial charge in [0.1, 0.15) is 0 Å². The normalized spacial score (nSPS) is 14.0. The van der Waals surface area contributed by atoms with Gasteiger partial charge in [-0.1, -0.05) is 64.4 Å². The fourth-order valence-electron chi connectivity index (χ4n) is 1.87. The van der Waals surface area contributed by atoms with Gasteiger partial charge in [0.05, 0.1) is 0 Å². The summed E-state index contributed by atoms with van der Waals surface area (Å²) in [6.07, 6.45) is 2.53. The summed E-state index contributed by atoms with van der Waals surface area (Å²) in [4.78, 5) is 0. The van der Waals surface area contributed by atoms with Gasteiger partial charge < -0.3 is 0 Å². The Bertz CT molecular complexity index is 259. The molecule has 14 heavy (non-hydrogen) atoms. The maximum atomic E-state index is 2.35. The van der Waals surface area contributed by atoms with E-state index in [9.17, 15) is 0 Å². The fourth-order valence-corrected chi connectivity index (χ4v) is 1.87. The van der Waals surface area contributed by atoms with E-state index in [0.29, 0.717) is 11.3 Å². The summed E-state index contributed by atoms with van der Waals surface area (Å²) in [7, 11) is 0. The van der Waals surface area contributed by atoms with Crippen molar-refractivity contribution >= 4 is 0 Å². The fraction of sp³-hybridized carbons (Fsp3) is 0.571. The lowest BCUT2D eigenvalue weighted by atomic mass is 9.79.